The number of aromatic nitrogens is 7. The molecule has 0 amide bonds. The summed E-state index contributed by atoms with van der Waals surface area (Å²) < 4.78 is 0. The third-order valence-corrected chi connectivity index (χ3v) is 7.38. The SMILES string of the molecule is C=Cc1c(C=C)c2nc3nc(nc(C)c4ccccc4c(C)nc4nc(nc1[nH]2)-c1ccccc1-4)-c1ccccc1-3. The van der Waals surface area contributed by atoms with Crippen LogP contribution in [0.1, 0.15) is 22.5 Å². The van der Waals surface area contributed by atoms with Crippen LogP contribution in [0.15, 0.2) is 86.0 Å². The first-order valence-corrected chi connectivity index (χ1v) is 13.3. The predicted octanol–water partition coefficient (Wildman–Crippen LogP) is 7.70. The van der Waals surface area contributed by atoms with E-state index >= 15 is 0 Å². The van der Waals surface area contributed by atoms with E-state index in [1.54, 1.807) is 12.2 Å². The molecule has 0 atom stereocenters. The van der Waals surface area contributed by atoms with Crippen LogP contribution in [0.5, 0.6) is 0 Å². The van der Waals surface area contributed by atoms with Crippen LogP contribution in [-0.4, -0.2) is 34.9 Å². The lowest BCUT2D eigenvalue weighted by Crippen LogP contribution is -1.88. The van der Waals surface area contributed by atoms with Crippen molar-refractivity contribution >= 4 is 34.2 Å². The van der Waals surface area contributed by atoms with E-state index in [9.17, 15) is 0 Å². The Hall–Kier alpha value is -5.56. The molecular formula is C34H25N7. The van der Waals surface area contributed by atoms with Crippen LogP contribution in [-0.2, 0) is 0 Å². The summed E-state index contributed by atoms with van der Waals surface area (Å²) in [4.78, 5) is 33.1. The second-order valence-electron chi connectivity index (χ2n) is 9.83. The highest BCUT2D eigenvalue weighted by atomic mass is 15.0. The van der Waals surface area contributed by atoms with Crippen LogP contribution in [0.4, 0.5) is 0 Å². The smallest absolute Gasteiger partial charge is 0.164 e. The zero-order valence-corrected chi connectivity index (χ0v) is 22.7. The van der Waals surface area contributed by atoms with Gasteiger partial charge in [-0.2, -0.15) is 0 Å². The Kier molecular flexibility index (Phi) is 5.71. The van der Waals surface area contributed by atoms with Crippen molar-refractivity contribution in [2.75, 3.05) is 0 Å². The molecule has 2 aliphatic heterocycles. The molecule has 0 spiro atoms. The van der Waals surface area contributed by atoms with Crippen molar-refractivity contribution in [2.45, 2.75) is 13.8 Å². The van der Waals surface area contributed by atoms with Gasteiger partial charge in [0.25, 0.3) is 0 Å². The number of nitrogens with zero attached hydrogens (tertiary/aromatic N) is 6. The Labute approximate surface area is 236 Å². The van der Waals surface area contributed by atoms with Crippen molar-refractivity contribution < 1.29 is 0 Å². The van der Waals surface area contributed by atoms with Crippen LogP contribution < -0.4 is 0 Å². The average Bonchev–Trinajstić information content (AvgIpc) is 3.64. The van der Waals surface area contributed by atoms with E-state index in [0.29, 0.717) is 34.6 Å². The molecule has 5 aromatic rings. The van der Waals surface area contributed by atoms with Gasteiger partial charge in [0.1, 0.15) is 11.3 Å². The summed E-state index contributed by atoms with van der Waals surface area (Å²) in [5.74, 6) is 2.35. The van der Waals surface area contributed by atoms with Crippen LogP contribution in [0.25, 0.3) is 79.8 Å². The first-order valence-electron chi connectivity index (χ1n) is 13.3. The molecule has 196 valence electrons. The number of aryl methyl sites for hydroxylation is 2. The van der Waals surface area contributed by atoms with Crippen molar-refractivity contribution in [2.24, 2.45) is 0 Å². The number of H-pyrrole nitrogens is 1. The molecule has 0 aliphatic carbocycles. The maximum absolute atomic E-state index is 5.01. The highest BCUT2D eigenvalue weighted by Crippen LogP contribution is 2.35. The average molecular weight is 532 g/mol. The molecule has 0 saturated carbocycles. The standard InChI is InChI=1S/C34H25N7/c1-5-21-22(6-2)30-37-29(21)38-33-27-17-11-9-15-25(27)31(40-33)35-19(3)23-13-7-8-14-24(23)20(4)36-32-26-16-10-12-18-28(26)34(39-30)41-32/h5-18H,1-2H2,3-4H3,(H,35,36,37,38,39,40,41). The Morgan fingerprint density at radius 3 is 1.20 bits per heavy atom. The van der Waals surface area contributed by atoms with Gasteiger partial charge in [-0.1, -0.05) is 98.1 Å². The highest BCUT2D eigenvalue weighted by Gasteiger charge is 2.21. The van der Waals surface area contributed by atoms with E-state index in [4.69, 9.17) is 29.9 Å². The summed E-state index contributed by atoms with van der Waals surface area (Å²) in [7, 11) is 0. The van der Waals surface area contributed by atoms with E-state index in [-0.39, 0.29) is 0 Å². The van der Waals surface area contributed by atoms with E-state index in [0.717, 1.165) is 55.5 Å². The third-order valence-electron chi connectivity index (χ3n) is 7.38. The summed E-state index contributed by atoms with van der Waals surface area (Å²) in [6.07, 6.45) is 3.51. The molecule has 1 N–H and O–H groups in total. The van der Waals surface area contributed by atoms with Crippen molar-refractivity contribution in [3.05, 3.63) is 108 Å². The summed E-state index contributed by atoms with van der Waals surface area (Å²) in [5.41, 5.74) is 8.06. The molecule has 6 bridgehead atoms. The van der Waals surface area contributed by atoms with Gasteiger partial charge in [0.2, 0.25) is 0 Å². The van der Waals surface area contributed by atoms with Gasteiger partial charge in [-0.05, 0) is 13.8 Å². The number of fused-ring (bicyclic) bond motifs is 13. The lowest BCUT2D eigenvalue weighted by molar-refractivity contribution is 1.16. The molecule has 2 aliphatic rings. The number of aromatic amines is 1. The quantitative estimate of drug-likeness (QED) is 0.246. The summed E-state index contributed by atoms with van der Waals surface area (Å²) in [5, 5.41) is 1.95. The van der Waals surface area contributed by atoms with Crippen LogP contribution in [0.3, 0.4) is 0 Å². The number of hydrogen-bond donors (Lipinski definition) is 1. The van der Waals surface area contributed by atoms with Gasteiger partial charge in [0.15, 0.2) is 23.3 Å². The summed E-state index contributed by atoms with van der Waals surface area (Å²) in [6, 6.07) is 24.1. The van der Waals surface area contributed by atoms with Crippen LogP contribution in [0, 0.1) is 13.8 Å². The van der Waals surface area contributed by atoms with Gasteiger partial charge in [-0.3, -0.25) is 0 Å². The maximum atomic E-state index is 5.01. The lowest BCUT2D eigenvalue weighted by atomic mass is 10.1. The van der Waals surface area contributed by atoms with Crippen LogP contribution in [0.2, 0.25) is 0 Å². The number of nitrogens with one attached hydrogen (secondary N) is 1. The van der Waals surface area contributed by atoms with E-state index in [1.807, 2.05) is 74.5 Å². The molecule has 2 aromatic heterocycles. The Morgan fingerprint density at radius 2 is 0.829 bits per heavy atom. The third kappa shape index (κ3) is 3.98. The van der Waals surface area contributed by atoms with E-state index < -0.39 is 0 Å². The second-order valence-corrected chi connectivity index (χ2v) is 9.83. The van der Waals surface area contributed by atoms with Gasteiger partial charge in [-0.25, -0.2) is 29.9 Å². The number of hydrogen-bond acceptors (Lipinski definition) is 6. The van der Waals surface area contributed by atoms with Crippen LogP contribution >= 0.6 is 0 Å². The molecule has 0 unspecified atom stereocenters. The minimum Gasteiger partial charge on any atom is -0.324 e. The number of benzene rings is 3. The molecule has 0 radical (unpaired) electrons. The van der Waals surface area contributed by atoms with Gasteiger partial charge in [-0.15, -0.1) is 0 Å². The first-order chi connectivity index (χ1) is 20.1. The maximum Gasteiger partial charge on any atom is 0.164 e. The Morgan fingerprint density at radius 1 is 0.488 bits per heavy atom. The largest absolute Gasteiger partial charge is 0.324 e. The zero-order valence-electron chi connectivity index (χ0n) is 22.7. The fourth-order valence-electron chi connectivity index (χ4n) is 5.38. The minimum atomic E-state index is 0.563. The Balaban J connectivity index is 1.70. The lowest BCUT2D eigenvalue weighted by Gasteiger charge is -2.01. The molecule has 0 fully saturated rings. The van der Waals surface area contributed by atoms with Crippen molar-refractivity contribution in [1.29, 1.82) is 0 Å². The highest BCUT2D eigenvalue weighted by molar-refractivity contribution is 5.89. The number of rotatable bonds is 2. The molecule has 3 aromatic carbocycles. The summed E-state index contributed by atoms with van der Waals surface area (Å²) >= 11 is 0. The van der Waals surface area contributed by atoms with Crippen molar-refractivity contribution in [3.63, 3.8) is 0 Å². The van der Waals surface area contributed by atoms with Gasteiger partial charge in [0.05, 0.1) is 0 Å². The van der Waals surface area contributed by atoms with Crippen molar-refractivity contribution in [3.8, 4) is 45.6 Å². The first kappa shape index (κ1) is 24.5. The molecule has 7 nitrogen and oxygen atoms in total. The molecule has 7 heteroatoms. The fourth-order valence-corrected chi connectivity index (χ4v) is 5.38. The molecular weight excluding hydrogens is 506 g/mol. The Bertz CT molecular complexity index is 1970. The molecule has 41 heavy (non-hydrogen) atoms. The van der Waals surface area contributed by atoms with Gasteiger partial charge in [0, 0.05) is 55.5 Å². The predicted molar refractivity (Wildman–Crippen MR) is 165 cm³/mol. The molecule has 4 heterocycles. The van der Waals surface area contributed by atoms with Gasteiger partial charge >= 0.3 is 0 Å². The second kappa shape index (κ2) is 9.57. The van der Waals surface area contributed by atoms with E-state index in [2.05, 4.69) is 30.3 Å². The molecule has 0 saturated heterocycles. The monoisotopic (exact) mass is 531 g/mol. The zero-order chi connectivity index (χ0) is 28.1. The summed E-state index contributed by atoms with van der Waals surface area (Å²) in [6.45, 7) is 12.1. The normalized spacial score (nSPS) is 11.4. The van der Waals surface area contributed by atoms with Gasteiger partial charge < -0.3 is 4.98 Å². The fraction of sp³-hybridized carbons (Fsp3) is 0.0588. The van der Waals surface area contributed by atoms with Crippen molar-refractivity contribution in [1.82, 2.24) is 34.9 Å². The topological polar surface area (TPSA) is 93.1 Å². The molecule has 7 rings (SSSR count). The minimum absolute atomic E-state index is 0.563. The van der Waals surface area contributed by atoms with E-state index in [1.165, 1.54) is 0 Å².